The Morgan fingerprint density at radius 2 is 2.31 bits per heavy atom. The minimum Gasteiger partial charge on any atom is -0.309 e. The number of halogens is 2. The average Bonchev–Trinajstić information content (AvgIpc) is 2.10. The minimum atomic E-state index is 0.344. The lowest BCUT2D eigenvalue weighted by Crippen LogP contribution is -2.04. The second-order valence-electron chi connectivity index (χ2n) is 2.29. The van der Waals surface area contributed by atoms with Crippen LogP contribution in [-0.2, 0) is 0 Å². The Morgan fingerprint density at radius 3 is 2.92 bits per heavy atom. The maximum Gasteiger partial charge on any atom is 0.146 e. The van der Waals surface area contributed by atoms with Gasteiger partial charge >= 0.3 is 0 Å². The molecular weight excluding hydrogens is 207 g/mol. The lowest BCUT2D eigenvalue weighted by Gasteiger charge is -1.96. The van der Waals surface area contributed by atoms with Crippen LogP contribution in [0.2, 0.25) is 10.2 Å². The first-order valence-electron chi connectivity index (χ1n) is 3.69. The van der Waals surface area contributed by atoms with Crippen molar-refractivity contribution in [2.75, 3.05) is 13.6 Å². The van der Waals surface area contributed by atoms with Crippen LogP contribution in [0.5, 0.6) is 0 Å². The predicted molar refractivity (Wildman–Crippen MR) is 55.1 cm³/mol. The van der Waals surface area contributed by atoms with E-state index in [1.54, 1.807) is 12.3 Å². The lowest BCUT2D eigenvalue weighted by atomic mass is 10.3. The SMILES string of the molecule is CNCC#Cc1c(Cl)ccnc1Cl. The first-order chi connectivity index (χ1) is 6.25. The summed E-state index contributed by atoms with van der Waals surface area (Å²) >= 11 is 11.7. The Kier molecular flexibility index (Phi) is 4.04. The van der Waals surface area contributed by atoms with Gasteiger partial charge in [0.1, 0.15) is 5.15 Å². The van der Waals surface area contributed by atoms with Crippen molar-refractivity contribution in [2.45, 2.75) is 0 Å². The molecule has 0 aliphatic heterocycles. The van der Waals surface area contributed by atoms with Crippen LogP contribution in [0.25, 0.3) is 0 Å². The van der Waals surface area contributed by atoms with Crippen LogP contribution in [0.1, 0.15) is 5.56 Å². The zero-order valence-corrected chi connectivity index (χ0v) is 8.58. The number of hydrogen-bond acceptors (Lipinski definition) is 2. The number of aromatic nitrogens is 1. The highest BCUT2D eigenvalue weighted by molar-refractivity contribution is 6.35. The summed E-state index contributed by atoms with van der Waals surface area (Å²) in [4.78, 5) is 3.88. The predicted octanol–water partition coefficient (Wildman–Crippen LogP) is 1.96. The van der Waals surface area contributed by atoms with Gasteiger partial charge in [0.05, 0.1) is 17.1 Å². The summed E-state index contributed by atoms with van der Waals surface area (Å²) in [7, 11) is 1.82. The van der Waals surface area contributed by atoms with E-state index < -0.39 is 0 Å². The number of nitrogens with zero attached hydrogens (tertiary/aromatic N) is 1. The summed E-state index contributed by atoms with van der Waals surface area (Å²) in [5.41, 5.74) is 0.584. The molecule has 0 saturated heterocycles. The van der Waals surface area contributed by atoms with Gasteiger partial charge in [-0.3, -0.25) is 0 Å². The van der Waals surface area contributed by atoms with Crippen molar-refractivity contribution in [1.82, 2.24) is 10.3 Å². The number of hydrogen-bond donors (Lipinski definition) is 1. The maximum atomic E-state index is 5.86. The van der Waals surface area contributed by atoms with Crippen molar-refractivity contribution >= 4 is 23.2 Å². The Morgan fingerprint density at radius 1 is 1.54 bits per heavy atom. The van der Waals surface area contributed by atoms with Gasteiger partial charge in [-0.05, 0) is 13.1 Å². The molecule has 0 unspecified atom stereocenters. The van der Waals surface area contributed by atoms with E-state index in [0.29, 0.717) is 22.3 Å². The fraction of sp³-hybridized carbons (Fsp3) is 0.222. The van der Waals surface area contributed by atoms with Crippen LogP contribution in [0, 0.1) is 11.8 Å². The van der Waals surface area contributed by atoms with E-state index in [1.807, 2.05) is 7.05 Å². The van der Waals surface area contributed by atoms with Crippen LogP contribution in [0.4, 0.5) is 0 Å². The zero-order chi connectivity index (χ0) is 9.68. The van der Waals surface area contributed by atoms with Crippen molar-refractivity contribution in [3.8, 4) is 11.8 Å². The molecule has 0 saturated carbocycles. The number of pyridine rings is 1. The molecule has 0 amide bonds. The highest BCUT2D eigenvalue weighted by Crippen LogP contribution is 2.20. The molecule has 1 aromatic rings. The topological polar surface area (TPSA) is 24.9 Å². The van der Waals surface area contributed by atoms with Crippen molar-refractivity contribution in [1.29, 1.82) is 0 Å². The zero-order valence-electron chi connectivity index (χ0n) is 7.06. The van der Waals surface area contributed by atoms with Crippen LogP contribution in [-0.4, -0.2) is 18.6 Å². The highest BCUT2D eigenvalue weighted by Gasteiger charge is 2.01. The van der Waals surface area contributed by atoms with Gasteiger partial charge < -0.3 is 5.32 Å². The van der Waals surface area contributed by atoms with E-state index in [2.05, 4.69) is 22.1 Å². The molecule has 0 aromatic carbocycles. The largest absolute Gasteiger partial charge is 0.309 e. The van der Waals surface area contributed by atoms with E-state index in [4.69, 9.17) is 23.2 Å². The van der Waals surface area contributed by atoms with Crippen LogP contribution < -0.4 is 5.32 Å². The second-order valence-corrected chi connectivity index (χ2v) is 3.06. The molecule has 1 rings (SSSR count). The van der Waals surface area contributed by atoms with Crippen LogP contribution >= 0.6 is 23.2 Å². The molecule has 0 radical (unpaired) electrons. The molecule has 2 nitrogen and oxygen atoms in total. The van der Waals surface area contributed by atoms with E-state index in [1.165, 1.54) is 0 Å². The van der Waals surface area contributed by atoms with Gasteiger partial charge in [-0.2, -0.15) is 0 Å². The van der Waals surface area contributed by atoms with E-state index in [0.717, 1.165) is 0 Å². The molecule has 4 heteroatoms. The molecule has 0 atom stereocenters. The molecule has 1 heterocycles. The summed E-state index contributed by atoms with van der Waals surface area (Å²) in [5, 5.41) is 3.77. The highest BCUT2D eigenvalue weighted by atomic mass is 35.5. The Hall–Kier alpha value is -0.750. The van der Waals surface area contributed by atoms with Gasteiger partial charge in [-0.25, -0.2) is 4.98 Å². The van der Waals surface area contributed by atoms with Gasteiger partial charge in [0.15, 0.2) is 0 Å². The molecule has 1 aromatic heterocycles. The van der Waals surface area contributed by atoms with Crippen LogP contribution in [0.3, 0.4) is 0 Å². The quantitative estimate of drug-likeness (QED) is 0.572. The van der Waals surface area contributed by atoms with Gasteiger partial charge in [-0.15, -0.1) is 0 Å². The average molecular weight is 215 g/mol. The first-order valence-corrected chi connectivity index (χ1v) is 4.44. The molecule has 68 valence electrons. The van der Waals surface area contributed by atoms with Crippen molar-refractivity contribution in [3.63, 3.8) is 0 Å². The molecule has 0 spiro atoms. The lowest BCUT2D eigenvalue weighted by molar-refractivity contribution is 0.938. The monoisotopic (exact) mass is 214 g/mol. The smallest absolute Gasteiger partial charge is 0.146 e. The number of rotatable bonds is 1. The van der Waals surface area contributed by atoms with E-state index in [9.17, 15) is 0 Å². The Balaban J connectivity index is 2.95. The molecule has 0 bridgehead atoms. The summed E-state index contributed by atoms with van der Waals surface area (Å²) < 4.78 is 0. The summed E-state index contributed by atoms with van der Waals surface area (Å²) in [6.45, 7) is 0.599. The van der Waals surface area contributed by atoms with E-state index >= 15 is 0 Å². The van der Waals surface area contributed by atoms with Crippen molar-refractivity contribution in [3.05, 3.63) is 28.0 Å². The van der Waals surface area contributed by atoms with Crippen molar-refractivity contribution < 1.29 is 0 Å². The molecule has 0 aliphatic rings. The molecule has 0 aliphatic carbocycles. The summed E-state index contributed by atoms with van der Waals surface area (Å²) in [5.74, 6) is 5.71. The Labute approximate surface area is 87.3 Å². The summed E-state index contributed by atoms with van der Waals surface area (Å²) in [6.07, 6.45) is 1.55. The van der Waals surface area contributed by atoms with E-state index in [-0.39, 0.29) is 0 Å². The number of nitrogens with one attached hydrogen (secondary N) is 1. The fourth-order valence-electron chi connectivity index (χ4n) is 0.747. The summed E-state index contributed by atoms with van der Waals surface area (Å²) in [6, 6.07) is 1.66. The third-order valence-corrected chi connectivity index (χ3v) is 1.93. The van der Waals surface area contributed by atoms with Crippen molar-refractivity contribution in [2.24, 2.45) is 0 Å². The Bertz CT molecular complexity index is 332. The third kappa shape index (κ3) is 2.89. The maximum absolute atomic E-state index is 5.86. The first kappa shape index (κ1) is 10.3. The second kappa shape index (κ2) is 5.08. The third-order valence-electron chi connectivity index (χ3n) is 1.33. The molecule has 13 heavy (non-hydrogen) atoms. The van der Waals surface area contributed by atoms with Gasteiger partial charge in [0.2, 0.25) is 0 Å². The molecule has 1 N–H and O–H groups in total. The van der Waals surface area contributed by atoms with Gasteiger partial charge in [-0.1, -0.05) is 35.0 Å². The minimum absolute atomic E-state index is 0.344. The van der Waals surface area contributed by atoms with Gasteiger partial charge in [0, 0.05) is 6.20 Å². The molecular formula is C9H8Cl2N2. The standard InChI is InChI=1S/C9H8Cl2N2/c1-12-5-2-3-7-8(10)4-6-13-9(7)11/h4,6,12H,5H2,1H3. The van der Waals surface area contributed by atoms with Crippen LogP contribution in [0.15, 0.2) is 12.3 Å². The van der Waals surface area contributed by atoms with Gasteiger partial charge in [0.25, 0.3) is 0 Å². The fourth-order valence-corrected chi connectivity index (χ4v) is 1.19. The molecule has 0 fully saturated rings. The normalized spacial score (nSPS) is 9.15.